The highest BCUT2D eigenvalue weighted by molar-refractivity contribution is 9.10. The van der Waals surface area contributed by atoms with Crippen LogP contribution in [-0.2, 0) is 0 Å². The van der Waals surface area contributed by atoms with Crippen molar-refractivity contribution in [3.63, 3.8) is 0 Å². The van der Waals surface area contributed by atoms with Crippen molar-refractivity contribution in [1.82, 2.24) is 0 Å². The zero-order valence-electron chi connectivity index (χ0n) is 11.6. The van der Waals surface area contributed by atoms with Crippen LogP contribution in [0.1, 0.15) is 18.6 Å². The molecule has 0 fully saturated rings. The van der Waals surface area contributed by atoms with Gasteiger partial charge in [-0.05, 0) is 43.3 Å². The molecule has 0 amide bonds. The Morgan fingerprint density at radius 2 is 1.62 bits per heavy atom. The normalized spacial score (nSPS) is 12.0. The maximum Gasteiger partial charge on any atom is 0.132 e. The van der Waals surface area contributed by atoms with E-state index in [0.717, 1.165) is 10.2 Å². The number of hydrogen-bond donors (Lipinski definition) is 1. The molecule has 0 heterocycles. The van der Waals surface area contributed by atoms with Crippen molar-refractivity contribution in [2.75, 3.05) is 13.2 Å². The van der Waals surface area contributed by atoms with Gasteiger partial charge in [-0.2, -0.15) is 0 Å². The lowest BCUT2D eigenvalue weighted by Gasteiger charge is -2.11. The molecule has 0 radical (unpaired) electrons. The fraction of sp³-hybridized carbons (Fsp3) is 0.250. The van der Waals surface area contributed by atoms with Gasteiger partial charge in [0, 0.05) is 16.1 Å². The Kier molecular flexibility index (Phi) is 5.59. The van der Waals surface area contributed by atoms with Crippen LogP contribution in [0.5, 0.6) is 11.5 Å². The van der Waals surface area contributed by atoms with Crippen LogP contribution in [-0.4, -0.2) is 18.3 Å². The highest BCUT2D eigenvalue weighted by Gasteiger charge is 2.08. The maximum atomic E-state index is 13.6. The Bertz CT molecular complexity index is 585. The quantitative estimate of drug-likeness (QED) is 0.793. The van der Waals surface area contributed by atoms with E-state index < -0.39 is 11.9 Å². The number of halogens is 2. The fourth-order valence-corrected chi connectivity index (χ4v) is 2.05. The summed E-state index contributed by atoms with van der Waals surface area (Å²) in [6.45, 7) is 2.19. The lowest BCUT2D eigenvalue weighted by atomic mass is 10.1. The molecule has 1 N–H and O–H groups in total. The van der Waals surface area contributed by atoms with Crippen molar-refractivity contribution in [2.24, 2.45) is 0 Å². The standard InChI is InChI=1S/C16H16BrFO3/c1-11(19)15-7-6-14(10-16(15)18)21-9-8-20-13-4-2-12(17)3-5-13/h2-7,10-11,19H,8-9H2,1H3. The van der Waals surface area contributed by atoms with Crippen LogP contribution in [0, 0.1) is 5.82 Å². The molecule has 112 valence electrons. The molecular formula is C16H16BrFO3. The second kappa shape index (κ2) is 7.43. The Balaban J connectivity index is 1.81. The Labute approximate surface area is 131 Å². The monoisotopic (exact) mass is 354 g/mol. The third-order valence-corrected chi connectivity index (χ3v) is 3.39. The molecule has 2 aromatic rings. The van der Waals surface area contributed by atoms with Crippen molar-refractivity contribution < 1.29 is 19.0 Å². The molecule has 2 rings (SSSR count). The molecule has 0 saturated carbocycles. The van der Waals surface area contributed by atoms with Gasteiger partial charge in [0.05, 0.1) is 6.10 Å². The maximum absolute atomic E-state index is 13.6. The molecule has 0 spiro atoms. The summed E-state index contributed by atoms with van der Waals surface area (Å²) in [6, 6.07) is 11.9. The molecule has 0 aliphatic heterocycles. The summed E-state index contributed by atoms with van der Waals surface area (Å²) in [5, 5.41) is 9.35. The lowest BCUT2D eigenvalue weighted by molar-refractivity contribution is 0.193. The van der Waals surface area contributed by atoms with Gasteiger partial charge in [-0.25, -0.2) is 4.39 Å². The second-order valence-corrected chi connectivity index (χ2v) is 5.43. The second-order valence-electron chi connectivity index (χ2n) is 4.51. The predicted molar refractivity (Wildman–Crippen MR) is 82.2 cm³/mol. The highest BCUT2D eigenvalue weighted by Crippen LogP contribution is 2.21. The molecule has 1 unspecified atom stereocenters. The van der Waals surface area contributed by atoms with Gasteiger partial charge in [0.2, 0.25) is 0 Å². The van der Waals surface area contributed by atoms with E-state index in [0.29, 0.717) is 19.0 Å². The van der Waals surface area contributed by atoms with Gasteiger partial charge in [0.25, 0.3) is 0 Å². The molecule has 0 aromatic heterocycles. The minimum Gasteiger partial charge on any atom is -0.490 e. The van der Waals surface area contributed by atoms with Gasteiger partial charge < -0.3 is 14.6 Å². The average molecular weight is 355 g/mol. The first kappa shape index (κ1) is 15.8. The van der Waals surface area contributed by atoms with Crippen LogP contribution < -0.4 is 9.47 Å². The van der Waals surface area contributed by atoms with Crippen molar-refractivity contribution in [1.29, 1.82) is 0 Å². The SMILES string of the molecule is CC(O)c1ccc(OCCOc2ccc(Br)cc2)cc1F. The fourth-order valence-electron chi connectivity index (χ4n) is 1.79. The first-order valence-corrected chi connectivity index (χ1v) is 7.34. The molecule has 2 aromatic carbocycles. The highest BCUT2D eigenvalue weighted by atomic mass is 79.9. The van der Waals surface area contributed by atoms with Crippen LogP contribution in [0.3, 0.4) is 0 Å². The average Bonchev–Trinajstić information content (AvgIpc) is 2.45. The summed E-state index contributed by atoms with van der Waals surface area (Å²) >= 11 is 3.35. The smallest absolute Gasteiger partial charge is 0.132 e. The van der Waals surface area contributed by atoms with E-state index in [-0.39, 0.29) is 5.56 Å². The van der Waals surface area contributed by atoms with Crippen molar-refractivity contribution in [3.8, 4) is 11.5 Å². The van der Waals surface area contributed by atoms with Crippen molar-refractivity contribution in [3.05, 3.63) is 58.3 Å². The Hall–Kier alpha value is -1.59. The molecular weight excluding hydrogens is 339 g/mol. The molecule has 0 saturated heterocycles. The number of hydrogen-bond acceptors (Lipinski definition) is 3. The molecule has 1 atom stereocenters. The van der Waals surface area contributed by atoms with Gasteiger partial charge in [-0.3, -0.25) is 0 Å². The molecule has 3 nitrogen and oxygen atoms in total. The molecule has 21 heavy (non-hydrogen) atoms. The number of aliphatic hydroxyl groups excluding tert-OH is 1. The zero-order valence-corrected chi connectivity index (χ0v) is 13.1. The number of benzene rings is 2. The van der Waals surface area contributed by atoms with E-state index in [1.54, 1.807) is 6.07 Å². The lowest BCUT2D eigenvalue weighted by Crippen LogP contribution is -2.09. The molecule has 0 aliphatic carbocycles. The summed E-state index contributed by atoms with van der Waals surface area (Å²) in [7, 11) is 0. The van der Waals surface area contributed by atoms with Crippen LogP contribution in [0.15, 0.2) is 46.9 Å². The number of ether oxygens (including phenoxy) is 2. The van der Waals surface area contributed by atoms with E-state index in [9.17, 15) is 9.50 Å². The van der Waals surface area contributed by atoms with E-state index in [1.807, 2.05) is 24.3 Å². The van der Waals surface area contributed by atoms with E-state index in [1.165, 1.54) is 19.1 Å². The largest absolute Gasteiger partial charge is 0.490 e. The number of rotatable bonds is 6. The third-order valence-electron chi connectivity index (χ3n) is 2.86. The van der Waals surface area contributed by atoms with Gasteiger partial charge in [0.15, 0.2) is 0 Å². The first-order chi connectivity index (χ1) is 10.1. The minimum absolute atomic E-state index is 0.258. The summed E-state index contributed by atoms with van der Waals surface area (Å²) in [5.74, 6) is 0.685. The zero-order chi connectivity index (χ0) is 15.2. The summed E-state index contributed by atoms with van der Waals surface area (Å²) in [6.07, 6.45) is -0.834. The van der Waals surface area contributed by atoms with Crippen LogP contribution in [0.25, 0.3) is 0 Å². The Morgan fingerprint density at radius 1 is 1.05 bits per heavy atom. The van der Waals surface area contributed by atoms with E-state index in [2.05, 4.69) is 15.9 Å². The van der Waals surface area contributed by atoms with Crippen molar-refractivity contribution in [2.45, 2.75) is 13.0 Å². The van der Waals surface area contributed by atoms with Gasteiger partial charge >= 0.3 is 0 Å². The van der Waals surface area contributed by atoms with Crippen LogP contribution in [0.2, 0.25) is 0 Å². The molecule has 0 aliphatic rings. The minimum atomic E-state index is -0.834. The topological polar surface area (TPSA) is 38.7 Å². The summed E-state index contributed by atoms with van der Waals surface area (Å²) in [5.41, 5.74) is 0.258. The van der Waals surface area contributed by atoms with Gasteiger partial charge in [-0.1, -0.05) is 15.9 Å². The van der Waals surface area contributed by atoms with Crippen molar-refractivity contribution >= 4 is 15.9 Å². The first-order valence-electron chi connectivity index (χ1n) is 6.55. The van der Waals surface area contributed by atoms with E-state index >= 15 is 0 Å². The predicted octanol–water partition coefficient (Wildman–Crippen LogP) is 4.10. The summed E-state index contributed by atoms with van der Waals surface area (Å²) in [4.78, 5) is 0. The van der Waals surface area contributed by atoms with Crippen LogP contribution in [0.4, 0.5) is 4.39 Å². The number of aliphatic hydroxyl groups is 1. The van der Waals surface area contributed by atoms with Gasteiger partial charge in [-0.15, -0.1) is 0 Å². The molecule has 5 heteroatoms. The summed E-state index contributed by atoms with van der Waals surface area (Å²) < 4.78 is 25.5. The Morgan fingerprint density at radius 3 is 2.19 bits per heavy atom. The van der Waals surface area contributed by atoms with Gasteiger partial charge in [0.1, 0.15) is 30.5 Å². The molecule has 0 bridgehead atoms. The van der Waals surface area contributed by atoms with E-state index in [4.69, 9.17) is 9.47 Å². The third kappa shape index (κ3) is 4.72. The van der Waals surface area contributed by atoms with Crippen LogP contribution >= 0.6 is 15.9 Å².